The van der Waals surface area contributed by atoms with Crippen LogP contribution in [0.5, 0.6) is 0 Å². The molecule has 0 unspecified atom stereocenters. The third-order valence-corrected chi connectivity index (χ3v) is 3.90. The van der Waals surface area contributed by atoms with Crippen LogP contribution in [0, 0.1) is 11.8 Å². The number of carbonyl (C=O) groups excluding carboxylic acids is 2. The van der Waals surface area contributed by atoms with Crippen molar-refractivity contribution in [2.45, 2.75) is 27.7 Å². The van der Waals surface area contributed by atoms with Crippen molar-refractivity contribution in [2.75, 3.05) is 0 Å². The van der Waals surface area contributed by atoms with Crippen molar-refractivity contribution >= 4 is 29.1 Å². The van der Waals surface area contributed by atoms with Gasteiger partial charge >= 0.3 is 5.97 Å². The number of hydrogen-bond donors (Lipinski definition) is 0. The minimum Gasteiger partial charge on any atom is -0.312 e. The lowest BCUT2D eigenvalue weighted by molar-refractivity contribution is -0.113. The van der Waals surface area contributed by atoms with Crippen LogP contribution >= 0.6 is 11.6 Å². The predicted octanol–water partition coefficient (Wildman–Crippen LogP) is 4.60. The van der Waals surface area contributed by atoms with E-state index in [0.717, 1.165) is 0 Å². The fourth-order valence-electron chi connectivity index (χ4n) is 2.33. The van der Waals surface area contributed by atoms with Gasteiger partial charge in [0.1, 0.15) is 5.71 Å². The first-order valence-corrected chi connectivity index (χ1v) is 8.20. The Balaban J connectivity index is 2.27. The minimum atomic E-state index is -0.596. The van der Waals surface area contributed by atoms with Gasteiger partial charge in [0, 0.05) is 16.2 Å². The second kappa shape index (κ2) is 7.58. The van der Waals surface area contributed by atoms with Gasteiger partial charge in [-0.25, -0.2) is 4.79 Å². The molecule has 1 aromatic carbocycles. The average molecular weight is 346 g/mol. The summed E-state index contributed by atoms with van der Waals surface area (Å²) in [6.07, 6.45) is 3.34. The highest BCUT2D eigenvalue weighted by Gasteiger charge is 2.25. The molecule has 126 valence electrons. The third-order valence-electron chi connectivity index (χ3n) is 3.67. The summed E-state index contributed by atoms with van der Waals surface area (Å²) in [6.45, 7) is 7.79. The summed E-state index contributed by atoms with van der Waals surface area (Å²) < 4.78 is 0. The number of allylic oxidation sites excluding steroid dienone is 4. The van der Waals surface area contributed by atoms with Crippen LogP contribution in [0.2, 0.25) is 5.02 Å². The maximum absolute atomic E-state index is 12.4. The molecule has 2 rings (SSSR count). The van der Waals surface area contributed by atoms with Gasteiger partial charge in [0.2, 0.25) is 0 Å². The zero-order valence-corrected chi connectivity index (χ0v) is 14.9. The van der Waals surface area contributed by atoms with Crippen molar-refractivity contribution in [3.8, 4) is 0 Å². The Hall–Kier alpha value is -2.20. The molecule has 0 aliphatic heterocycles. The molecular weight excluding hydrogens is 326 g/mol. The van der Waals surface area contributed by atoms with Crippen LogP contribution in [0.25, 0.3) is 0 Å². The normalized spacial score (nSPS) is 14.6. The van der Waals surface area contributed by atoms with E-state index in [2.05, 4.69) is 5.16 Å². The number of rotatable bonds is 4. The molecule has 24 heavy (non-hydrogen) atoms. The van der Waals surface area contributed by atoms with Crippen molar-refractivity contribution in [1.82, 2.24) is 0 Å². The highest BCUT2D eigenvalue weighted by molar-refractivity contribution is 6.30. The molecule has 0 heterocycles. The molecule has 0 saturated heterocycles. The maximum Gasteiger partial charge on any atom is 0.365 e. The van der Waals surface area contributed by atoms with Crippen LogP contribution < -0.4 is 0 Å². The lowest BCUT2D eigenvalue weighted by atomic mass is 9.84. The zero-order valence-electron chi connectivity index (χ0n) is 14.2. The number of oxime groups is 1. The number of Topliss-reactive ketones (excluding diaryl/α,β-unsaturated/α-hetero) is 1. The summed E-state index contributed by atoms with van der Waals surface area (Å²) in [5.74, 6) is -0.441. The Bertz CT molecular complexity index is 728. The molecule has 0 N–H and O–H groups in total. The molecule has 0 aromatic heterocycles. The van der Waals surface area contributed by atoms with E-state index in [9.17, 15) is 9.59 Å². The second-order valence-electron chi connectivity index (χ2n) is 6.24. The van der Waals surface area contributed by atoms with Gasteiger partial charge < -0.3 is 4.84 Å². The number of ketones is 1. The van der Waals surface area contributed by atoms with Gasteiger partial charge in [0.15, 0.2) is 5.78 Å². The van der Waals surface area contributed by atoms with Gasteiger partial charge in [-0.1, -0.05) is 50.5 Å². The van der Waals surface area contributed by atoms with Gasteiger partial charge in [-0.15, -0.1) is 0 Å². The first kappa shape index (κ1) is 18.1. The van der Waals surface area contributed by atoms with Crippen LogP contribution in [-0.4, -0.2) is 17.5 Å². The number of carbonyl (C=O) groups is 2. The Kier molecular flexibility index (Phi) is 5.73. The maximum atomic E-state index is 12.4. The molecule has 5 heteroatoms. The van der Waals surface area contributed by atoms with Crippen LogP contribution in [0.15, 0.2) is 52.7 Å². The van der Waals surface area contributed by atoms with E-state index in [4.69, 9.17) is 16.4 Å². The number of hydrogen-bond acceptors (Lipinski definition) is 4. The van der Waals surface area contributed by atoms with E-state index < -0.39 is 5.97 Å². The number of benzene rings is 1. The molecule has 1 aliphatic carbocycles. The topological polar surface area (TPSA) is 55.7 Å². The molecule has 0 atom stereocenters. The van der Waals surface area contributed by atoms with Crippen molar-refractivity contribution < 1.29 is 14.4 Å². The molecular formula is C19H20ClNO3. The summed E-state index contributed by atoms with van der Waals surface area (Å²) in [5, 5.41) is 4.36. The van der Waals surface area contributed by atoms with Crippen LogP contribution in [0.3, 0.4) is 0 Å². The van der Waals surface area contributed by atoms with E-state index in [1.807, 2.05) is 27.7 Å². The van der Waals surface area contributed by atoms with Gasteiger partial charge in [-0.3, -0.25) is 4.79 Å². The Morgan fingerprint density at radius 2 is 1.67 bits per heavy atom. The standard InChI is InChI=1S/C19H20ClNO3/c1-11(2)16-9-15(10-17(12(3)4)18(16)22)21-24-19(23)13-6-5-7-14(20)8-13/h5-12H,1-4H3. The van der Waals surface area contributed by atoms with Gasteiger partial charge in [-0.05, 0) is 42.2 Å². The summed E-state index contributed by atoms with van der Waals surface area (Å²) in [7, 11) is 0. The van der Waals surface area contributed by atoms with Crippen molar-refractivity contribution in [1.29, 1.82) is 0 Å². The van der Waals surface area contributed by atoms with E-state index in [-0.39, 0.29) is 17.6 Å². The number of nitrogens with zero attached hydrogens (tertiary/aromatic N) is 1. The summed E-state index contributed by atoms with van der Waals surface area (Å²) >= 11 is 5.86. The molecule has 0 saturated carbocycles. The predicted molar refractivity (Wildman–Crippen MR) is 95.2 cm³/mol. The summed E-state index contributed by atoms with van der Waals surface area (Å²) in [6, 6.07) is 6.45. The smallest absolute Gasteiger partial charge is 0.312 e. The highest BCUT2D eigenvalue weighted by Crippen LogP contribution is 2.25. The first-order chi connectivity index (χ1) is 11.3. The quantitative estimate of drug-likeness (QED) is 0.455. The molecule has 0 amide bonds. The molecule has 0 fully saturated rings. The monoisotopic (exact) mass is 345 g/mol. The van der Waals surface area contributed by atoms with Gasteiger partial charge in [-0.2, -0.15) is 0 Å². The number of halogens is 1. The molecule has 0 spiro atoms. The largest absolute Gasteiger partial charge is 0.365 e. The fraction of sp³-hybridized carbons (Fsp3) is 0.316. The van der Waals surface area contributed by atoms with E-state index in [0.29, 0.717) is 27.4 Å². The zero-order chi connectivity index (χ0) is 17.9. The lowest BCUT2D eigenvalue weighted by Gasteiger charge is -2.19. The van der Waals surface area contributed by atoms with E-state index in [1.54, 1.807) is 30.4 Å². The molecule has 0 bridgehead atoms. The minimum absolute atomic E-state index is 0.0279. The molecule has 1 aromatic rings. The summed E-state index contributed by atoms with van der Waals surface area (Å²) in [4.78, 5) is 29.5. The van der Waals surface area contributed by atoms with E-state index in [1.165, 1.54) is 6.07 Å². The highest BCUT2D eigenvalue weighted by atomic mass is 35.5. The molecule has 1 aliphatic rings. The third kappa shape index (κ3) is 4.20. The van der Waals surface area contributed by atoms with Crippen LogP contribution in [0.4, 0.5) is 0 Å². The fourth-order valence-corrected chi connectivity index (χ4v) is 2.52. The average Bonchev–Trinajstić information content (AvgIpc) is 2.52. The van der Waals surface area contributed by atoms with Crippen LogP contribution in [-0.2, 0) is 9.63 Å². The SMILES string of the molecule is CC(C)C1=CC(=NOC(=O)c2cccc(Cl)c2)C=C(C(C)C)C1=O. The van der Waals surface area contributed by atoms with Crippen LogP contribution in [0.1, 0.15) is 38.1 Å². The van der Waals surface area contributed by atoms with E-state index >= 15 is 0 Å². The lowest BCUT2D eigenvalue weighted by Crippen LogP contribution is -2.21. The van der Waals surface area contributed by atoms with Crippen molar-refractivity contribution in [3.05, 3.63) is 58.1 Å². The Morgan fingerprint density at radius 3 is 2.17 bits per heavy atom. The molecule has 0 radical (unpaired) electrons. The summed E-state index contributed by atoms with van der Waals surface area (Å²) in [5.41, 5.74) is 2.11. The Labute approximate surface area is 146 Å². The van der Waals surface area contributed by atoms with Crippen molar-refractivity contribution in [3.63, 3.8) is 0 Å². The van der Waals surface area contributed by atoms with Gasteiger partial charge in [0.25, 0.3) is 0 Å². The molecule has 4 nitrogen and oxygen atoms in total. The Morgan fingerprint density at radius 1 is 1.08 bits per heavy atom. The van der Waals surface area contributed by atoms with Gasteiger partial charge in [0.05, 0.1) is 5.56 Å². The first-order valence-electron chi connectivity index (χ1n) is 7.82. The van der Waals surface area contributed by atoms with Crippen molar-refractivity contribution in [2.24, 2.45) is 17.0 Å². The second-order valence-corrected chi connectivity index (χ2v) is 6.68.